The Kier molecular flexibility index (Phi) is 5.42. The molecule has 0 bridgehead atoms. The SMILES string of the molecule is COC(=O)C(Nc1ccccc1C)c1ccc(Br)c(Br)c1. The molecule has 0 fully saturated rings. The molecule has 0 saturated heterocycles. The first-order chi connectivity index (χ1) is 10.0. The first-order valence-corrected chi connectivity index (χ1v) is 7.96. The van der Waals surface area contributed by atoms with E-state index in [0.29, 0.717) is 0 Å². The van der Waals surface area contributed by atoms with Crippen LogP contribution in [0, 0.1) is 6.92 Å². The van der Waals surface area contributed by atoms with Crippen molar-refractivity contribution < 1.29 is 9.53 Å². The maximum absolute atomic E-state index is 12.1. The van der Waals surface area contributed by atoms with E-state index in [0.717, 1.165) is 25.8 Å². The fraction of sp³-hybridized carbons (Fsp3) is 0.188. The highest BCUT2D eigenvalue weighted by Crippen LogP contribution is 2.29. The predicted molar refractivity (Wildman–Crippen MR) is 91.4 cm³/mol. The molecule has 1 unspecified atom stereocenters. The highest BCUT2D eigenvalue weighted by molar-refractivity contribution is 9.13. The molecule has 1 atom stereocenters. The van der Waals surface area contributed by atoms with Gasteiger partial charge in [-0.15, -0.1) is 0 Å². The minimum Gasteiger partial charge on any atom is -0.467 e. The third-order valence-corrected chi connectivity index (χ3v) is 5.04. The van der Waals surface area contributed by atoms with Crippen molar-refractivity contribution in [2.24, 2.45) is 0 Å². The zero-order valence-corrected chi connectivity index (χ0v) is 14.9. The molecule has 0 heterocycles. The van der Waals surface area contributed by atoms with Crippen molar-refractivity contribution in [1.82, 2.24) is 0 Å². The monoisotopic (exact) mass is 411 g/mol. The number of benzene rings is 2. The van der Waals surface area contributed by atoms with Crippen molar-refractivity contribution >= 4 is 43.5 Å². The summed E-state index contributed by atoms with van der Waals surface area (Å²) >= 11 is 6.89. The third kappa shape index (κ3) is 3.86. The molecular formula is C16H15Br2NO2. The lowest BCUT2D eigenvalue weighted by atomic mass is 10.1. The Hall–Kier alpha value is -1.33. The van der Waals surface area contributed by atoms with Gasteiger partial charge in [0.05, 0.1) is 7.11 Å². The third-order valence-electron chi connectivity index (χ3n) is 3.16. The van der Waals surface area contributed by atoms with Gasteiger partial charge in [-0.25, -0.2) is 4.79 Å². The van der Waals surface area contributed by atoms with Crippen LogP contribution in [-0.2, 0) is 9.53 Å². The Morgan fingerprint density at radius 3 is 2.48 bits per heavy atom. The fourth-order valence-corrected chi connectivity index (χ4v) is 2.62. The van der Waals surface area contributed by atoms with Crippen LogP contribution in [0.1, 0.15) is 17.2 Å². The quantitative estimate of drug-likeness (QED) is 0.729. The molecule has 2 aromatic rings. The summed E-state index contributed by atoms with van der Waals surface area (Å²) in [6.07, 6.45) is 0. The molecule has 5 heteroatoms. The highest BCUT2D eigenvalue weighted by atomic mass is 79.9. The van der Waals surface area contributed by atoms with Crippen LogP contribution in [-0.4, -0.2) is 13.1 Å². The largest absolute Gasteiger partial charge is 0.467 e. The molecule has 21 heavy (non-hydrogen) atoms. The zero-order valence-electron chi connectivity index (χ0n) is 11.7. The molecule has 0 aromatic heterocycles. The Labute approximate surface area is 141 Å². The van der Waals surface area contributed by atoms with Crippen LogP contribution < -0.4 is 5.32 Å². The highest BCUT2D eigenvalue weighted by Gasteiger charge is 2.22. The molecule has 3 nitrogen and oxygen atoms in total. The summed E-state index contributed by atoms with van der Waals surface area (Å²) in [5.74, 6) is -0.326. The van der Waals surface area contributed by atoms with Gasteiger partial charge in [0, 0.05) is 14.6 Å². The van der Waals surface area contributed by atoms with Crippen molar-refractivity contribution in [2.45, 2.75) is 13.0 Å². The smallest absolute Gasteiger partial charge is 0.332 e. The molecule has 0 spiro atoms. The van der Waals surface area contributed by atoms with Crippen LogP contribution in [0.25, 0.3) is 0 Å². The first kappa shape index (κ1) is 16.0. The molecule has 1 N–H and O–H groups in total. The molecule has 2 aromatic carbocycles. The molecule has 0 aliphatic carbocycles. The zero-order chi connectivity index (χ0) is 15.4. The van der Waals surface area contributed by atoms with E-state index in [4.69, 9.17) is 4.74 Å². The van der Waals surface area contributed by atoms with Gasteiger partial charge in [0.15, 0.2) is 6.04 Å². The second-order valence-electron chi connectivity index (χ2n) is 4.59. The second kappa shape index (κ2) is 7.09. The summed E-state index contributed by atoms with van der Waals surface area (Å²) in [6, 6.07) is 13.0. The molecule has 110 valence electrons. The van der Waals surface area contributed by atoms with Crippen LogP contribution >= 0.6 is 31.9 Å². The van der Waals surface area contributed by atoms with Gasteiger partial charge in [-0.3, -0.25) is 0 Å². The average molecular weight is 413 g/mol. The number of para-hydroxylation sites is 1. The van der Waals surface area contributed by atoms with Crippen LogP contribution in [0.15, 0.2) is 51.4 Å². The number of hydrogen-bond acceptors (Lipinski definition) is 3. The minimum atomic E-state index is -0.555. The second-order valence-corrected chi connectivity index (χ2v) is 6.30. The minimum absolute atomic E-state index is 0.326. The van der Waals surface area contributed by atoms with Gasteiger partial charge in [0.1, 0.15) is 0 Å². The summed E-state index contributed by atoms with van der Waals surface area (Å²) in [4.78, 5) is 12.1. The van der Waals surface area contributed by atoms with Gasteiger partial charge >= 0.3 is 5.97 Å². The van der Waals surface area contributed by atoms with E-state index in [1.165, 1.54) is 7.11 Å². The summed E-state index contributed by atoms with van der Waals surface area (Å²) in [5, 5.41) is 3.25. The number of ether oxygens (including phenoxy) is 1. The van der Waals surface area contributed by atoms with Crippen molar-refractivity contribution in [2.75, 3.05) is 12.4 Å². The summed E-state index contributed by atoms with van der Waals surface area (Å²) < 4.78 is 6.75. The lowest BCUT2D eigenvalue weighted by Gasteiger charge is -2.20. The van der Waals surface area contributed by atoms with E-state index in [-0.39, 0.29) is 5.97 Å². The average Bonchev–Trinajstić information content (AvgIpc) is 2.48. The number of rotatable bonds is 4. The molecule has 0 radical (unpaired) electrons. The molecule has 2 rings (SSSR count). The Balaban J connectivity index is 2.37. The predicted octanol–water partition coefficient (Wildman–Crippen LogP) is 4.85. The standard InChI is InChI=1S/C16H15Br2NO2/c1-10-5-3-4-6-14(10)19-15(16(20)21-2)11-7-8-12(17)13(18)9-11/h3-9,15,19H,1-2H3. The van der Waals surface area contributed by atoms with Crippen LogP contribution in [0.2, 0.25) is 0 Å². The molecule has 0 aliphatic heterocycles. The van der Waals surface area contributed by atoms with Gasteiger partial charge in [-0.2, -0.15) is 0 Å². The number of carbonyl (C=O) groups excluding carboxylic acids is 1. The Bertz CT molecular complexity index is 658. The topological polar surface area (TPSA) is 38.3 Å². The van der Waals surface area contributed by atoms with E-state index in [1.54, 1.807) is 0 Å². The summed E-state index contributed by atoms with van der Waals surface area (Å²) in [6.45, 7) is 1.99. The van der Waals surface area contributed by atoms with Gasteiger partial charge < -0.3 is 10.1 Å². The molecule has 0 aliphatic rings. The Morgan fingerprint density at radius 2 is 1.86 bits per heavy atom. The summed E-state index contributed by atoms with van der Waals surface area (Å²) in [5.41, 5.74) is 2.81. The van der Waals surface area contributed by atoms with Gasteiger partial charge in [0.25, 0.3) is 0 Å². The molecule has 0 amide bonds. The van der Waals surface area contributed by atoms with Crippen molar-refractivity contribution in [3.8, 4) is 0 Å². The summed E-state index contributed by atoms with van der Waals surface area (Å²) in [7, 11) is 1.39. The molecule has 0 saturated carbocycles. The van der Waals surface area contributed by atoms with E-state index in [9.17, 15) is 4.79 Å². The maximum atomic E-state index is 12.1. The Morgan fingerprint density at radius 1 is 1.14 bits per heavy atom. The number of aryl methyl sites for hydroxylation is 1. The van der Waals surface area contributed by atoms with Gasteiger partial charge in [-0.1, -0.05) is 24.3 Å². The van der Waals surface area contributed by atoms with Crippen LogP contribution in [0.4, 0.5) is 5.69 Å². The van der Waals surface area contributed by atoms with E-state index < -0.39 is 6.04 Å². The van der Waals surface area contributed by atoms with Gasteiger partial charge in [0.2, 0.25) is 0 Å². The lowest BCUT2D eigenvalue weighted by Crippen LogP contribution is -2.22. The van der Waals surface area contributed by atoms with Crippen LogP contribution in [0.3, 0.4) is 0 Å². The number of anilines is 1. The lowest BCUT2D eigenvalue weighted by molar-refractivity contribution is -0.141. The van der Waals surface area contributed by atoms with Gasteiger partial charge in [-0.05, 0) is 68.1 Å². The number of nitrogens with one attached hydrogen (secondary N) is 1. The van der Waals surface area contributed by atoms with E-state index in [1.807, 2.05) is 49.4 Å². The van der Waals surface area contributed by atoms with Crippen molar-refractivity contribution in [1.29, 1.82) is 0 Å². The number of methoxy groups -OCH3 is 1. The van der Waals surface area contributed by atoms with Crippen LogP contribution in [0.5, 0.6) is 0 Å². The van der Waals surface area contributed by atoms with Crippen molar-refractivity contribution in [3.05, 3.63) is 62.5 Å². The molecular weight excluding hydrogens is 398 g/mol. The number of esters is 1. The number of carbonyl (C=O) groups is 1. The maximum Gasteiger partial charge on any atom is 0.332 e. The van der Waals surface area contributed by atoms with E-state index in [2.05, 4.69) is 37.2 Å². The number of halogens is 2. The fourth-order valence-electron chi connectivity index (χ4n) is 1.98. The number of hydrogen-bond donors (Lipinski definition) is 1. The van der Waals surface area contributed by atoms with Crippen molar-refractivity contribution in [3.63, 3.8) is 0 Å². The van der Waals surface area contributed by atoms with E-state index >= 15 is 0 Å². The first-order valence-electron chi connectivity index (χ1n) is 6.38. The normalized spacial score (nSPS) is 11.8.